The number of hydrogen-bond donors (Lipinski definition) is 1. The number of nitrogens with zero attached hydrogens (tertiary/aromatic N) is 5. The van der Waals surface area contributed by atoms with Crippen molar-refractivity contribution in [1.82, 2.24) is 25.0 Å². The Bertz CT molecular complexity index is 847. The van der Waals surface area contributed by atoms with Gasteiger partial charge in [-0.25, -0.2) is 9.67 Å². The lowest BCUT2D eigenvalue weighted by Gasteiger charge is -2.20. The van der Waals surface area contributed by atoms with Gasteiger partial charge in [0, 0.05) is 25.7 Å². The molecule has 0 unspecified atom stereocenters. The predicted molar refractivity (Wildman–Crippen MR) is 103 cm³/mol. The Morgan fingerprint density at radius 3 is 2.46 bits per heavy atom. The minimum absolute atomic E-state index is 0.396. The van der Waals surface area contributed by atoms with Crippen molar-refractivity contribution in [2.45, 2.75) is 72.4 Å². The van der Waals surface area contributed by atoms with Crippen LogP contribution in [0.3, 0.4) is 0 Å². The maximum atomic E-state index is 5.69. The molecular formula is C19H28N6O. The Morgan fingerprint density at radius 1 is 1.08 bits per heavy atom. The molecule has 0 aliphatic heterocycles. The number of pyridine rings is 1. The lowest BCUT2D eigenvalue weighted by Crippen LogP contribution is -2.19. The highest BCUT2D eigenvalue weighted by Crippen LogP contribution is 2.34. The van der Waals surface area contributed by atoms with Crippen molar-refractivity contribution in [2.75, 3.05) is 5.32 Å². The molecule has 0 bridgehead atoms. The van der Waals surface area contributed by atoms with Crippen molar-refractivity contribution in [2.24, 2.45) is 0 Å². The van der Waals surface area contributed by atoms with Gasteiger partial charge in [0.1, 0.15) is 0 Å². The summed E-state index contributed by atoms with van der Waals surface area (Å²) in [5.41, 5.74) is 2.72. The Balaban J connectivity index is 2.10. The van der Waals surface area contributed by atoms with E-state index < -0.39 is 0 Å². The third-order valence-corrected chi connectivity index (χ3v) is 4.48. The summed E-state index contributed by atoms with van der Waals surface area (Å²) in [5.74, 6) is 1.04. The maximum absolute atomic E-state index is 5.69. The van der Waals surface area contributed by atoms with Crippen molar-refractivity contribution in [1.29, 1.82) is 0 Å². The van der Waals surface area contributed by atoms with Gasteiger partial charge >= 0.3 is 0 Å². The third kappa shape index (κ3) is 3.71. The van der Waals surface area contributed by atoms with Gasteiger partial charge in [0.2, 0.25) is 5.89 Å². The normalized spacial score (nSPS) is 11.6. The average Bonchev–Trinajstić information content (AvgIpc) is 3.23. The fourth-order valence-electron chi connectivity index (χ4n) is 3.31. The molecule has 3 aromatic heterocycles. The van der Waals surface area contributed by atoms with Crippen LogP contribution in [0.4, 0.5) is 5.69 Å². The first-order chi connectivity index (χ1) is 12.7. The van der Waals surface area contributed by atoms with Crippen molar-refractivity contribution in [3.63, 3.8) is 0 Å². The van der Waals surface area contributed by atoms with E-state index in [9.17, 15) is 0 Å². The van der Waals surface area contributed by atoms with Crippen LogP contribution in [0, 0.1) is 6.92 Å². The van der Waals surface area contributed by atoms with Gasteiger partial charge in [-0.05, 0) is 19.3 Å². The van der Waals surface area contributed by atoms with E-state index in [1.807, 2.05) is 17.1 Å². The SMILES string of the molecule is CCCC(CCC)Nc1c(-c2nnc(C)o2)cnc2c1cnn2CCC. The van der Waals surface area contributed by atoms with E-state index in [1.54, 1.807) is 6.92 Å². The molecule has 0 aromatic carbocycles. The summed E-state index contributed by atoms with van der Waals surface area (Å²) in [4.78, 5) is 4.64. The number of hydrogen-bond acceptors (Lipinski definition) is 6. The van der Waals surface area contributed by atoms with E-state index in [-0.39, 0.29) is 0 Å². The third-order valence-electron chi connectivity index (χ3n) is 4.48. The van der Waals surface area contributed by atoms with Crippen LogP contribution >= 0.6 is 0 Å². The van der Waals surface area contributed by atoms with E-state index in [4.69, 9.17) is 4.42 Å². The first kappa shape index (κ1) is 18.4. The highest BCUT2D eigenvalue weighted by atomic mass is 16.4. The second-order valence-electron chi connectivity index (χ2n) is 6.70. The monoisotopic (exact) mass is 356 g/mol. The summed E-state index contributed by atoms with van der Waals surface area (Å²) >= 11 is 0. The molecule has 140 valence electrons. The molecule has 0 saturated carbocycles. The summed E-state index contributed by atoms with van der Waals surface area (Å²) < 4.78 is 7.64. The predicted octanol–water partition coefficient (Wildman–Crippen LogP) is 4.58. The van der Waals surface area contributed by atoms with Crippen molar-refractivity contribution in [3.05, 3.63) is 18.3 Å². The quantitative estimate of drug-likeness (QED) is 0.604. The summed E-state index contributed by atoms with van der Waals surface area (Å²) in [6.07, 6.45) is 9.22. The minimum Gasteiger partial charge on any atom is -0.421 e. The molecule has 3 aromatic rings. The average molecular weight is 356 g/mol. The zero-order chi connectivity index (χ0) is 18.5. The zero-order valence-electron chi connectivity index (χ0n) is 16.1. The standard InChI is InChI=1S/C19H28N6O/c1-5-8-14(9-6-2)22-17-15-12-21-25(10-7-3)18(15)20-11-16(17)19-24-23-13(4)26-19/h11-12,14H,5-10H2,1-4H3,(H,20,22). The van der Waals surface area contributed by atoms with E-state index in [2.05, 4.69) is 46.4 Å². The summed E-state index contributed by atoms with van der Waals surface area (Å²) in [6.45, 7) is 9.22. The summed E-state index contributed by atoms with van der Waals surface area (Å²) in [5, 5.41) is 17.5. The first-order valence-electron chi connectivity index (χ1n) is 9.59. The second-order valence-corrected chi connectivity index (χ2v) is 6.70. The molecule has 26 heavy (non-hydrogen) atoms. The molecule has 3 heterocycles. The highest BCUT2D eigenvalue weighted by Gasteiger charge is 2.20. The molecular weight excluding hydrogens is 328 g/mol. The Hall–Kier alpha value is -2.44. The van der Waals surface area contributed by atoms with Crippen molar-refractivity contribution < 1.29 is 4.42 Å². The number of nitrogens with one attached hydrogen (secondary N) is 1. The number of rotatable bonds is 9. The molecule has 0 aliphatic carbocycles. The minimum atomic E-state index is 0.396. The molecule has 0 saturated heterocycles. The van der Waals surface area contributed by atoms with Crippen LogP contribution < -0.4 is 5.32 Å². The van der Waals surface area contributed by atoms with Gasteiger partial charge in [-0.3, -0.25) is 0 Å². The van der Waals surface area contributed by atoms with Crippen LogP contribution in [0.1, 0.15) is 58.8 Å². The van der Waals surface area contributed by atoms with Gasteiger partial charge < -0.3 is 9.73 Å². The maximum Gasteiger partial charge on any atom is 0.251 e. The first-order valence-corrected chi connectivity index (χ1v) is 9.59. The molecule has 0 atom stereocenters. The van der Waals surface area contributed by atoms with Gasteiger partial charge in [0.25, 0.3) is 5.89 Å². The largest absolute Gasteiger partial charge is 0.421 e. The number of aromatic nitrogens is 5. The number of anilines is 1. The zero-order valence-corrected chi connectivity index (χ0v) is 16.1. The molecule has 7 heteroatoms. The van der Waals surface area contributed by atoms with Gasteiger partial charge in [0.15, 0.2) is 5.65 Å². The van der Waals surface area contributed by atoms with Crippen LogP contribution in [0.25, 0.3) is 22.5 Å². The van der Waals surface area contributed by atoms with E-state index >= 15 is 0 Å². The van der Waals surface area contributed by atoms with Crippen LogP contribution in [-0.2, 0) is 6.54 Å². The fourth-order valence-corrected chi connectivity index (χ4v) is 3.31. The molecule has 0 radical (unpaired) electrons. The van der Waals surface area contributed by atoms with Gasteiger partial charge in [0.05, 0.1) is 22.8 Å². The van der Waals surface area contributed by atoms with Crippen molar-refractivity contribution in [3.8, 4) is 11.5 Å². The molecule has 7 nitrogen and oxygen atoms in total. The van der Waals surface area contributed by atoms with Gasteiger partial charge in [-0.1, -0.05) is 33.6 Å². The lowest BCUT2D eigenvalue weighted by atomic mass is 10.0. The number of fused-ring (bicyclic) bond motifs is 1. The molecule has 1 N–H and O–H groups in total. The molecule has 3 rings (SSSR count). The smallest absolute Gasteiger partial charge is 0.251 e. The van der Waals surface area contributed by atoms with Crippen LogP contribution in [0.5, 0.6) is 0 Å². The van der Waals surface area contributed by atoms with Crippen LogP contribution in [0.15, 0.2) is 16.8 Å². The summed E-state index contributed by atoms with van der Waals surface area (Å²) in [6, 6.07) is 0.396. The molecule has 0 aliphatic rings. The van der Waals surface area contributed by atoms with E-state index in [0.717, 1.165) is 60.9 Å². The van der Waals surface area contributed by atoms with Gasteiger partial charge in [-0.15, -0.1) is 10.2 Å². The Labute approximate surface area is 154 Å². The molecule has 0 fully saturated rings. The number of aryl methyl sites for hydroxylation is 2. The van der Waals surface area contributed by atoms with Crippen molar-refractivity contribution >= 4 is 16.7 Å². The molecule has 0 spiro atoms. The van der Waals surface area contributed by atoms with Crippen LogP contribution in [-0.4, -0.2) is 31.0 Å². The van der Waals surface area contributed by atoms with E-state index in [0.29, 0.717) is 17.8 Å². The van der Waals surface area contributed by atoms with E-state index in [1.165, 1.54) is 0 Å². The topological polar surface area (TPSA) is 81.7 Å². The van der Waals surface area contributed by atoms with Crippen LogP contribution in [0.2, 0.25) is 0 Å². The fraction of sp³-hybridized carbons (Fsp3) is 0.579. The lowest BCUT2D eigenvalue weighted by molar-refractivity contribution is 0.532. The second kappa shape index (κ2) is 8.29. The highest BCUT2D eigenvalue weighted by molar-refractivity contribution is 5.96. The Morgan fingerprint density at radius 2 is 1.85 bits per heavy atom. The summed E-state index contributed by atoms with van der Waals surface area (Å²) in [7, 11) is 0. The van der Waals surface area contributed by atoms with Gasteiger partial charge in [-0.2, -0.15) is 5.10 Å². The molecule has 0 amide bonds. The Kier molecular flexibility index (Phi) is 5.85.